The monoisotopic (exact) mass is 266 g/mol. The molecule has 7 heteroatoms. The summed E-state index contributed by atoms with van der Waals surface area (Å²) in [4.78, 5) is 11.7. The van der Waals surface area contributed by atoms with Crippen molar-refractivity contribution >= 4 is 11.6 Å². The second kappa shape index (κ2) is 4.87. The van der Waals surface area contributed by atoms with Gasteiger partial charge in [0, 0.05) is 18.1 Å². The number of carbonyl (C=O) groups excluding carboxylic acids is 1. The van der Waals surface area contributed by atoms with Crippen molar-refractivity contribution in [2.24, 2.45) is 11.0 Å². The summed E-state index contributed by atoms with van der Waals surface area (Å²) >= 11 is 0. The summed E-state index contributed by atoms with van der Waals surface area (Å²) in [5.74, 6) is -1.50. The van der Waals surface area contributed by atoms with Crippen LogP contribution in [0.5, 0.6) is 0 Å². The van der Waals surface area contributed by atoms with E-state index in [1.54, 1.807) is 6.92 Å². The van der Waals surface area contributed by atoms with Gasteiger partial charge >= 0.3 is 6.18 Å². The lowest BCUT2D eigenvalue weighted by Gasteiger charge is -2.33. The fourth-order valence-electron chi connectivity index (χ4n) is 1.74. The van der Waals surface area contributed by atoms with Crippen molar-refractivity contribution in [1.82, 2.24) is 5.01 Å². The van der Waals surface area contributed by atoms with E-state index in [0.717, 1.165) is 0 Å². The van der Waals surface area contributed by atoms with E-state index in [0.29, 0.717) is 12.8 Å². The summed E-state index contributed by atoms with van der Waals surface area (Å²) in [7, 11) is 0. The fraction of sp³-hybridized carbons (Fsp3) is 0.818. The number of hydrogen-bond donors (Lipinski definition) is 1. The average Bonchev–Trinajstić information content (AvgIpc) is 2.55. The van der Waals surface area contributed by atoms with Gasteiger partial charge in [-0.3, -0.25) is 4.79 Å². The standard InChI is InChI=1S/C11H17F3N2O2/c1-4-5-8-6-10(18,11(12,13)14)16(15-8)9(17)7(2)3/h7,18H,4-6H2,1-3H3. The molecule has 0 aromatic carbocycles. The van der Waals surface area contributed by atoms with Crippen molar-refractivity contribution in [1.29, 1.82) is 0 Å². The Labute approximate surface area is 103 Å². The van der Waals surface area contributed by atoms with Crippen molar-refractivity contribution in [2.75, 3.05) is 0 Å². The lowest BCUT2D eigenvalue weighted by molar-refractivity contribution is -0.303. The molecule has 0 bridgehead atoms. The molecule has 1 atom stereocenters. The second-order valence-corrected chi connectivity index (χ2v) is 4.71. The van der Waals surface area contributed by atoms with Crippen molar-refractivity contribution < 1.29 is 23.1 Å². The molecular formula is C11H17F3N2O2. The van der Waals surface area contributed by atoms with Gasteiger partial charge in [0.2, 0.25) is 5.91 Å². The number of hydrogen-bond acceptors (Lipinski definition) is 3. The third kappa shape index (κ3) is 2.50. The van der Waals surface area contributed by atoms with Crippen molar-refractivity contribution in [2.45, 2.75) is 51.9 Å². The second-order valence-electron chi connectivity index (χ2n) is 4.71. The third-order valence-electron chi connectivity index (χ3n) is 2.74. The molecule has 1 aliphatic rings. The Balaban J connectivity index is 3.10. The highest BCUT2D eigenvalue weighted by Crippen LogP contribution is 2.41. The molecule has 0 saturated carbocycles. The van der Waals surface area contributed by atoms with Crippen LogP contribution in [0, 0.1) is 5.92 Å². The molecule has 1 N–H and O–H groups in total. The number of aliphatic hydroxyl groups is 1. The van der Waals surface area contributed by atoms with Crippen LogP contribution in [0.15, 0.2) is 5.10 Å². The lowest BCUT2D eigenvalue weighted by Crippen LogP contribution is -2.57. The van der Waals surface area contributed by atoms with Gasteiger partial charge in [-0.2, -0.15) is 23.3 Å². The molecule has 0 spiro atoms. The molecule has 4 nitrogen and oxygen atoms in total. The number of rotatable bonds is 3. The highest BCUT2D eigenvalue weighted by atomic mass is 19.4. The Morgan fingerprint density at radius 2 is 2.11 bits per heavy atom. The third-order valence-corrected chi connectivity index (χ3v) is 2.74. The molecule has 104 valence electrons. The van der Waals surface area contributed by atoms with Crippen molar-refractivity contribution in [3.05, 3.63) is 0 Å². The summed E-state index contributed by atoms with van der Waals surface area (Å²) < 4.78 is 38.7. The zero-order valence-corrected chi connectivity index (χ0v) is 10.6. The van der Waals surface area contributed by atoms with Crippen LogP contribution >= 0.6 is 0 Å². The zero-order valence-electron chi connectivity index (χ0n) is 10.6. The quantitative estimate of drug-likeness (QED) is 0.852. The number of carbonyl (C=O) groups is 1. The fourth-order valence-corrected chi connectivity index (χ4v) is 1.74. The molecular weight excluding hydrogens is 249 g/mol. The topological polar surface area (TPSA) is 52.9 Å². The average molecular weight is 266 g/mol. The first kappa shape index (κ1) is 14.9. The first-order valence-corrected chi connectivity index (χ1v) is 5.83. The maximum Gasteiger partial charge on any atom is 0.438 e. The van der Waals surface area contributed by atoms with Gasteiger partial charge in [-0.1, -0.05) is 27.2 Å². The summed E-state index contributed by atoms with van der Waals surface area (Å²) in [6.07, 6.45) is -4.64. The van der Waals surface area contributed by atoms with Crippen LogP contribution in [0.25, 0.3) is 0 Å². The maximum absolute atomic E-state index is 12.9. The van der Waals surface area contributed by atoms with Crippen molar-refractivity contribution in [3.8, 4) is 0 Å². The van der Waals surface area contributed by atoms with E-state index in [2.05, 4.69) is 5.10 Å². The van der Waals surface area contributed by atoms with Gasteiger partial charge in [-0.25, -0.2) is 0 Å². The van der Waals surface area contributed by atoms with Crippen molar-refractivity contribution in [3.63, 3.8) is 0 Å². The Morgan fingerprint density at radius 3 is 2.50 bits per heavy atom. The first-order chi connectivity index (χ1) is 8.13. The minimum Gasteiger partial charge on any atom is -0.362 e. The van der Waals surface area contributed by atoms with E-state index in [-0.39, 0.29) is 10.7 Å². The zero-order chi connectivity index (χ0) is 14.1. The van der Waals surface area contributed by atoms with Crippen LogP contribution in [-0.2, 0) is 4.79 Å². The van der Waals surface area contributed by atoms with Gasteiger partial charge < -0.3 is 5.11 Å². The molecule has 0 aromatic heterocycles. The summed E-state index contributed by atoms with van der Waals surface area (Å²) in [6, 6.07) is 0. The molecule has 0 aliphatic carbocycles. The molecule has 18 heavy (non-hydrogen) atoms. The Hall–Kier alpha value is -1.11. The summed E-state index contributed by atoms with van der Waals surface area (Å²) in [6.45, 7) is 4.72. The van der Waals surface area contributed by atoms with Gasteiger partial charge in [0.15, 0.2) is 0 Å². The molecule has 1 amide bonds. The van der Waals surface area contributed by atoms with Gasteiger partial charge in [-0.05, 0) is 6.42 Å². The van der Waals surface area contributed by atoms with E-state index in [9.17, 15) is 23.1 Å². The smallest absolute Gasteiger partial charge is 0.362 e. The molecule has 0 fully saturated rings. The molecule has 1 unspecified atom stereocenters. The van der Waals surface area contributed by atoms with E-state index in [1.165, 1.54) is 13.8 Å². The minimum atomic E-state index is -4.92. The maximum atomic E-state index is 12.9. The van der Waals surface area contributed by atoms with Gasteiger partial charge in [0.1, 0.15) is 0 Å². The number of hydrazone groups is 1. The minimum absolute atomic E-state index is 0.197. The highest BCUT2D eigenvalue weighted by molar-refractivity contribution is 5.91. The number of amides is 1. The molecule has 1 heterocycles. The number of alkyl halides is 3. The Morgan fingerprint density at radius 1 is 1.56 bits per heavy atom. The SMILES string of the molecule is CCCC1=NN(C(=O)C(C)C)C(O)(C(F)(F)F)C1. The van der Waals surface area contributed by atoms with E-state index >= 15 is 0 Å². The van der Waals surface area contributed by atoms with Crippen LogP contribution in [-0.4, -0.2) is 33.6 Å². The molecule has 0 aromatic rings. The van der Waals surface area contributed by atoms with Crippen LogP contribution < -0.4 is 0 Å². The van der Waals surface area contributed by atoms with E-state index in [4.69, 9.17) is 0 Å². The van der Waals surface area contributed by atoms with Crippen LogP contribution in [0.4, 0.5) is 13.2 Å². The summed E-state index contributed by atoms with van der Waals surface area (Å²) in [5, 5.41) is 13.6. The number of halogens is 3. The van der Waals surface area contributed by atoms with Gasteiger partial charge in [0.25, 0.3) is 5.72 Å². The van der Waals surface area contributed by atoms with E-state index in [1.807, 2.05) is 0 Å². The van der Waals surface area contributed by atoms with Gasteiger partial charge in [0.05, 0.1) is 0 Å². The molecule has 1 rings (SSSR count). The highest BCUT2D eigenvalue weighted by Gasteiger charge is 2.63. The van der Waals surface area contributed by atoms with Crippen LogP contribution in [0.2, 0.25) is 0 Å². The predicted octanol–water partition coefficient (Wildman–Crippen LogP) is 2.28. The van der Waals surface area contributed by atoms with Crippen LogP contribution in [0.1, 0.15) is 40.0 Å². The largest absolute Gasteiger partial charge is 0.438 e. The normalized spacial score (nSPS) is 24.7. The first-order valence-electron chi connectivity index (χ1n) is 5.83. The molecule has 1 aliphatic heterocycles. The molecule has 0 saturated heterocycles. The number of nitrogens with zero attached hydrogens (tertiary/aromatic N) is 2. The molecule has 0 radical (unpaired) electrons. The lowest BCUT2D eigenvalue weighted by atomic mass is 10.0. The van der Waals surface area contributed by atoms with E-state index < -0.39 is 30.1 Å². The Bertz CT molecular complexity index is 366. The predicted molar refractivity (Wildman–Crippen MR) is 59.6 cm³/mol. The Kier molecular flexibility index (Phi) is 4.05. The van der Waals surface area contributed by atoms with Crippen LogP contribution in [0.3, 0.4) is 0 Å². The van der Waals surface area contributed by atoms with Gasteiger partial charge in [-0.15, -0.1) is 0 Å². The summed E-state index contributed by atoms with van der Waals surface area (Å²) in [5.41, 5.74) is -3.00.